The van der Waals surface area contributed by atoms with Gasteiger partial charge in [0.15, 0.2) is 0 Å². The quantitative estimate of drug-likeness (QED) is 0.121. The molecule has 13 rings (SSSR count). The van der Waals surface area contributed by atoms with E-state index < -0.39 is 5.41 Å². The van der Waals surface area contributed by atoms with Crippen molar-refractivity contribution in [1.82, 2.24) is 0 Å². The molecule has 282 valence electrons. The summed E-state index contributed by atoms with van der Waals surface area (Å²) < 4.78 is 0. The summed E-state index contributed by atoms with van der Waals surface area (Å²) in [7, 11) is 0. The number of benzene rings is 12. The van der Waals surface area contributed by atoms with Gasteiger partial charge in [0.1, 0.15) is 0 Å². The average molecular weight is 771 g/mol. The van der Waals surface area contributed by atoms with Crippen molar-refractivity contribution in [2.45, 2.75) is 5.41 Å². The Hall–Kier alpha value is -7.80. The Bertz CT molecular complexity index is 3650. The van der Waals surface area contributed by atoms with Crippen LogP contribution in [0.1, 0.15) is 22.3 Å². The van der Waals surface area contributed by atoms with Crippen molar-refractivity contribution in [2.75, 3.05) is 0 Å². The maximum atomic E-state index is 2.52. The van der Waals surface area contributed by atoms with Crippen molar-refractivity contribution in [3.05, 3.63) is 253 Å². The largest absolute Gasteiger partial charge is 0.0714 e. The number of hydrogen-bond acceptors (Lipinski definition) is 0. The third kappa shape index (κ3) is 4.82. The lowest BCUT2D eigenvalue weighted by atomic mass is 9.67. The molecule has 0 radical (unpaired) electrons. The van der Waals surface area contributed by atoms with Crippen molar-refractivity contribution in [2.24, 2.45) is 0 Å². The van der Waals surface area contributed by atoms with Gasteiger partial charge in [0, 0.05) is 0 Å². The van der Waals surface area contributed by atoms with Gasteiger partial charge in [0.2, 0.25) is 0 Å². The van der Waals surface area contributed by atoms with E-state index in [-0.39, 0.29) is 0 Å². The fourth-order valence-electron chi connectivity index (χ4n) is 11.2. The molecule has 1 aliphatic rings. The first-order chi connectivity index (χ1) is 30.3. The van der Waals surface area contributed by atoms with Gasteiger partial charge in [0.05, 0.1) is 5.41 Å². The van der Waals surface area contributed by atoms with Gasteiger partial charge in [-0.1, -0.05) is 212 Å². The first-order valence-electron chi connectivity index (χ1n) is 21.3. The first kappa shape index (κ1) is 34.1. The standard InChI is InChI=1S/C61H38/c1-3-19-45(20-4-1)61(46-21-5-2-6-22-46)55-29-15-18-40-31-33-43-37-44(38-56(61)59(43)58(40)55)47-34-35-54(49-24-10-9-23-48(47)49)60-52-27-13-11-25-50(52)57(51-26-12-14-28-53(51)60)42-32-30-39-16-7-8-17-41(39)36-42/h1-38H. The summed E-state index contributed by atoms with van der Waals surface area (Å²) in [5.41, 5.74) is 12.3. The molecule has 0 heterocycles. The van der Waals surface area contributed by atoms with Gasteiger partial charge in [0.25, 0.3) is 0 Å². The summed E-state index contributed by atoms with van der Waals surface area (Å²) in [5.74, 6) is 0. The molecule has 0 amide bonds. The SMILES string of the molecule is c1ccc(C2(c3ccccc3)c3cccc4ccc5cc(-c6ccc(-c7c8ccccc8c(-c8ccc9ccccc9c8)c8ccccc78)c7ccccc67)cc2c5c34)cc1. The van der Waals surface area contributed by atoms with Crippen LogP contribution in [0.3, 0.4) is 0 Å². The third-order valence-corrected chi connectivity index (χ3v) is 13.7. The maximum absolute atomic E-state index is 2.52. The molecule has 12 aromatic carbocycles. The molecule has 0 nitrogen and oxygen atoms in total. The summed E-state index contributed by atoms with van der Waals surface area (Å²) in [6, 6.07) is 86.2. The summed E-state index contributed by atoms with van der Waals surface area (Å²) in [6.07, 6.45) is 0. The fourth-order valence-corrected chi connectivity index (χ4v) is 11.2. The minimum Gasteiger partial charge on any atom is -0.0622 e. The van der Waals surface area contributed by atoms with Crippen molar-refractivity contribution in [3.63, 3.8) is 0 Å². The normalized spacial score (nSPS) is 13.0. The molecule has 0 heteroatoms. The molecule has 12 aromatic rings. The second-order valence-electron chi connectivity index (χ2n) is 16.7. The van der Waals surface area contributed by atoms with Crippen LogP contribution in [0.5, 0.6) is 0 Å². The van der Waals surface area contributed by atoms with Crippen LogP contribution in [-0.2, 0) is 5.41 Å². The van der Waals surface area contributed by atoms with Crippen LogP contribution in [0, 0.1) is 0 Å². The van der Waals surface area contributed by atoms with Gasteiger partial charge in [-0.25, -0.2) is 0 Å². The van der Waals surface area contributed by atoms with E-state index in [1.54, 1.807) is 0 Å². The number of fused-ring (bicyclic) bond motifs is 4. The van der Waals surface area contributed by atoms with Crippen molar-refractivity contribution >= 4 is 64.6 Å². The molecule has 0 unspecified atom stereocenters. The lowest BCUT2D eigenvalue weighted by Gasteiger charge is -2.34. The molecule has 0 spiro atoms. The van der Waals surface area contributed by atoms with E-state index in [1.807, 2.05) is 0 Å². The Morgan fingerprint density at radius 2 is 0.721 bits per heavy atom. The van der Waals surface area contributed by atoms with Crippen molar-refractivity contribution in [3.8, 4) is 33.4 Å². The Balaban J connectivity index is 1.08. The van der Waals surface area contributed by atoms with E-state index in [9.17, 15) is 0 Å². The van der Waals surface area contributed by atoms with Gasteiger partial charge in [-0.15, -0.1) is 0 Å². The van der Waals surface area contributed by atoms with E-state index in [0.717, 1.165) is 0 Å². The van der Waals surface area contributed by atoms with Crippen LogP contribution < -0.4 is 0 Å². The highest BCUT2D eigenvalue weighted by Gasteiger charge is 2.45. The summed E-state index contributed by atoms with van der Waals surface area (Å²) in [5, 5.41) is 15.3. The van der Waals surface area contributed by atoms with Gasteiger partial charge in [-0.2, -0.15) is 0 Å². The van der Waals surface area contributed by atoms with Crippen LogP contribution in [0.4, 0.5) is 0 Å². The smallest absolute Gasteiger partial charge is 0.0622 e. The second kappa shape index (κ2) is 13.1. The molecule has 0 atom stereocenters. The highest BCUT2D eigenvalue weighted by Crippen LogP contribution is 2.57. The van der Waals surface area contributed by atoms with Crippen LogP contribution in [-0.4, -0.2) is 0 Å². The topological polar surface area (TPSA) is 0 Å². The highest BCUT2D eigenvalue weighted by molar-refractivity contribution is 6.25. The zero-order valence-corrected chi connectivity index (χ0v) is 33.4. The van der Waals surface area contributed by atoms with E-state index >= 15 is 0 Å². The first-order valence-corrected chi connectivity index (χ1v) is 21.3. The zero-order chi connectivity index (χ0) is 40.1. The minimum atomic E-state index is -0.472. The second-order valence-corrected chi connectivity index (χ2v) is 16.7. The lowest BCUT2D eigenvalue weighted by molar-refractivity contribution is 0.771. The third-order valence-electron chi connectivity index (χ3n) is 13.7. The fraction of sp³-hybridized carbons (Fsp3) is 0.0164. The molecule has 1 aliphatic carbocycles. The monoisotopic (exact) mass is 770 g/mol. The molecule has 0 bridgehead atoms. The Kier molecular flexibility index (Phi) is 7.32. The molecule has 0 saturated heterocycles. The predicted molar refractivity (Wildman–Crippen MR) is 260 cm³/mol. The molecule has 0 aromatic heterocycles. The molecule has 0 fully saturated rings. The molecule has 61 heavy (non-hydrogen) atoms. The predicted octanol–water partition coefficient (Wildman–Crippen LogP) is 16.3. The zero-order valence-electron chi connectivity index (χ0n) is 33.4. The minimum absolute atomic E-state index is 0.472. The van der Waals surface area contributed by atoms with Gasteiger partial charge in [-0.05, 0) is 138 Å². The summed E-state index contributed by atoms with van der Waals surface area (Å²) in [4.78, 5) is 0. The molecular formula is C61H38. The average Bonchev–Trinajstić information content (AvgIpc) is 3.64. The summed E-state index contributed by atoms with van der Waals surface area (Å²) >= 11 is 0. The van der Waals surface area contributed by atoms with Gasteiger partial charge >= 0.3 is 0 Å². The van der Waals surface area contributed by atoms with Crippen LogP contribution in [0.25, 0.3) is 98.0 Å². The van der Waals surface area contributed by atoms with E-state index in [0.29, 0.717) is 0 Å². The molecular weight excluding hydrogens is 733 g/mol. The van der Waals surface area contributed by atoms with Crippen molar-refractivity contribution < 1.29 is 0 Å². The van der Waals surface area contributed by atoms with Crippen LogP contribution in [0.2, 0.25) is 0 Å². The maximum Gasteiger partial charge on any atom is 0.0714 e. The van der Waals surface area contributed by atoms with E-state index in [2.05, 4.69) is 231 Å². The Labute approximate surface area is 354 Å². The van der Waals surface area contributed by atoms with Crippen molar-refractivity contribution in [1.29, 1.82) is 0 Å². The molecule has 0 aliphatic heterocycles. The van der Waals surface area contributed by atoms with Gasteiger partial charge in [-0.3, -0.25) is 0 Å². The van der Waals surface area contributed by atoms with Gasteiger partial charge < -0.3 is 0 Å². The van der Waals surface area contributed by atoms with Crippen LogP contribution >= 0.6 is 0 Å². The van der Waals surface area contributed by atoms with E-state index in [4.69, 9.17) is 0 Å². The van der Waals surface area contributed by atoms with Crippen LogP contribution in [0.15, 0.2) is 231 Å². The lowest BCUT2D eigenvalue weighted by Crippen LogP contribution is -2.28. The highest BCUT2D eigenvalue weighted by atomic mass is 14.5. The Morgan fingerprint density at radius 1 is 0.246 bits per heavy atom. The summed E-state index contributed by atoms with van der Waals surface area (Å²) in [6.45, 7) is 0. The van der Waals surface area contributed by atoms with E-state index in [1.165, 1.54) is 120 Å². The molecule has 0 N–H and O–H groups in total. The molecule has 0 saturated carbocycles. The Morgan fingerprint density at radius 3 is 1.39 bits per heavy atom. The number of rotatable bonds is 5. The number of hydrogen-bond donors (Lipinski definition) is 0.